The van der Waals surface area contributed by atoms with Crippen LogP contribution in [0.5, 0.6) is 0 Å². The van der Waals surface area contributed by atoms with Crippen LogP contribution in [0, 0.1) is 0 Å². The average Bonchev–Trinajstić information content (AvgIpc) is 2.26. The van der Waals surface area contributed by atoms with Gasteiger partial charge >= 0.3 is 5.97 Å². The second-order valence-corrected chi connectivity index (χ2v) is 3.25. The van der Waals surface area contributed by atoms with Crippen LogP contribution in [0.3, 0.4) is 0 Å². The van der Waals surface area contributed by atoms with Crippen LogP contribution in [0.4, 0.5) is 5.69 Å². The van der Waals surface area contributed by atoms with Gasteiger partial charge in [-0.25, -0.2) is 0 Å². The van der Waals surface area contributed by atoms with Gasteiger partial charge in [0.1, 0.15) is 0 Å². The fourth-order valence-electron chi connectivity index (χ4n) is 1.44. The Bertz CT molecular complexity index is 401. The third-order valence-corrected chi connectivity index (χ3v) is 2.10. The number of anilines is 1. The van der Waals surface area contributed by atoms with Gasteiger partial charge in [-0.3, -0.25) is 9.59 Å². The van der Waals surface area contributed by atoms with Crippen molar-refractivity contribution >= 4 is 18.1 Å². The molecule has 1 aromatic carbocycles. The molecule has 1 N–H and O–H groups in total. The van der Waals surface area contributed by atoms with Gasteiger partial charge in [0.05, 0.1) is 6.42 Å². The molecule has 0 spiro atoms. The highest BCUT2D eigenvalue weighted by molar-refractivity contribution is 5.81. The van der Waals surface area contributed by atoms with Crippen LogP contribution in [0.25, 0.3) is 0 Å². The van der Waals surface area contributed by atoms with Crippen molar-refractivity contribution in [2.24, 2.45) is 0 Å². The van der Waals surface area contributed by atoms with Crippen LogP contribution < -0.4 is 4.90 Å². The largest absolute Gasteiger partial charge is 0.481 e. The summed E-state index contributed by atoms with van der Waals surface area (Å²) < 4.78 is 0. The van der Waals surface area contributed by atoms with E-state index in [4.69, 9.17) is 5.11 Å². The maximum Gasteiger partial charge on any atom is 0.307 e. The van der Waals surface area contributed by atoms with E-state index in [0.29, 0.717) is 24.2 Å². The first-order valence-corrected chi connectivity index (χ1v) is 4.81. The Morgan fingerprint density at radius 3 is 2.69 bits per heavy atom. The number of para-hydroxylation sites is 1. The van der Waals surface area contributed by atoms with Gasteiger partial charge in [0, 0.05) is 12.2 Å². The fraction of sp³-hybridized carbons (Fsp3) is 0.167. The van der Waals surface area contributed by atoms with Crippen molar-refractivity contribution in [3.05, 3.63) is 42.5 Å². The molecule has 0 aliphatic rings. The zero-order valence-electron chi connectivity index (χ0n) is 8.80. The predicted octanol–water partition coefficient (Wildman–Crippen LogP) is 1.46. The molecule has 0 aliphatic heterocycles. The van der Waals surface area contributed by atoms with Crippen LogP contribution in [-0.4, -0.2) is 24.0 Å². The smallest absolute Gasteiger partial charge is 0.307 e. The summed E-state index contributed by atoms with van der Waals surface area (Å²) in [7, 11) is 0. The second-order valence-electron chi connectivity index (χ2n) is 3.25. The van der Waals surface area contributed by atoms with E-state index < -0.39 is 5.97 Å². The number of carboxylic acid groups (broad SMARTS) is 1. The lowest BCUT2D eigenvalue weighted by Crippen LogP contribution is -2.22. The van der Waals surface area contributed by atoms with Crippen LogP contribution in [0.15, 0.2) is 36.9 Å². The van der Waals surface area contributed by atoms with Gasteiger partial charge in [0.15, 0.2) is 0 Å². The minimum atomic E-state index is -0.920. The molecule has 0 aliphatic carbocycles. The lowest BCUT2D eigenvalue weighted by Gasteiger charge is -2.18. The lowest BCUT2D eigenvalue weighted by atomic mass is 10.1. The highest BCUT2D eigenvalue weighted by Gasteiger charge is 2.10. The average molecular weight is 219 g/mol. The van der Waals surface area contributed by atoms with Gasteiger partial charge in [-0.2, -0.15) is 0 Å². The third-order valence-electron chi connectivity index (χ3n) is 2.10. The van der Waals surface area contributed by atoms with Crippen molar-refractivity contribution in [1.82, 2.24) is 0 Å². The molecule has 1 aromatic rings. The van der Waals surface area contributed by atoms with E-state index in [1.54, 1.807) is 30.3 Å². The molecule has 0 heterocycles. The van der Waals surface area contributed by atoms with Gasteiger partial charge in [-0.05, 0) is 11.6 Å². The molecule has 1 amide bonds. The van der Waals surface area contributed by atoms with Crippen molar-refractivity contribution < 1.29 is 14.7 Å². The van der Waals surface area contributed by atoms with E-state index in [0.717, 1.165) is 0 Å². The van der Waals surface area contributed by atoms with Gasteiger partial charge in [0.25, 0.3) is 0 Å². The number of aliphatic carboxylic acids is 1. The summed E-state index contributed by atoms with van der Waals surface area (Å²) in [5.74, 6) is -0.920. The molecule has 0 aromatic heterocycles. The number of hydrogen-bond donors (Lipinski definition) is 1. The highest BCUT2D eigenvalue weighted by Crippen LogP contribution is 2.19. The van der Waals surface area contributed by atoms with Crippen LogP contribution in [0.1, 0.15) is 5.56 Å². The molecule has 84 valence electrons. The molecule has 4 heteroatoms. The van der Waals surface area contributed by atoms with E-state index in [-0.39, 0.29) is 6.42 Å². The lowest BCUT2D eigenvalue weighted by molar-refractivity contribution is -0.136. The molecule has 0 saturated heterocycles. The van der Waals surface area contributed by atoms with E-state index in [1.165, 1.54) is 4.90 Å². The summed E-state index contributed by atoms with van der Waals surface area (Å²) in [6, 6.07) is 6.93. The van der Waals surface area contributed by atoms with Gasteiger partial charge in [-0.1, -0.05) is 24.3 Å². The molecule has 0 unspecified atom stereocenters. The molecule has 0 bridgehead atoms. The fourth-order valence-corrected chi connectivity index (χ4v) is 1.44. The SMILES string of the molecule is C=CCN(C=O)c1ccccc1CC(=O)O. The summed E-state index contributed by atoms with van der Waals surface area (Å²) in [6.45, 7) is 3.91. The van der Waals surface area contributed by atoms with Crippen LogP contribution in [0.2, 0.25) is 0 Å². The standard InChI is InChI=1S/C12H13NO3/c1-2-7-13(9-14)11-6-4-3-5-10(11)8-12(15)16/h2-6,9H,1,7-8H2,(H,15,16). The molecular formula is C12H13NO3. The Labute approximate surface area is 93.8 Å². The number of amides is 1. The number of carboxylic acids is 1. The summed E-state index contributed by atoms with van der Waals surface area (Å²) in [5.41, 5.74) is 1.23. The first kappa shape index (κ1) is 12.0. The molecule has 0 radical (unpaired) electrons. The van der Waals surface area contributed by atoms with Gasteiger partial charge < -0.3 is 10.0 Å². The topological polar surface area (TPSA) is 57.6 Å². The molecule has 0 atom stereocenters. The highest BCUT2D eigenvalue weighted by atomic mass is 16.4. The summed E-state index contributed by atoms with van der Waals surface area (Å²) in [4.78, 5) is 22.9. The minimum absolute atomic E-state index is 0.0995. The number of benzene rings is 1. The van der Waals surface area contributed by atoms with E-state index in [1.807, 2.05) is 0 Å². The van der Waals surface area contributed by atoms with Crippen molar-refractivity contribution in [2.45, 2.75) is 6.42 Å². The van der Waals surface area contributed by atoms with E-state index in [2.05, 4.69) is 6.58 Å². The normalized spacial score (nSPS) is 9.50. The Morgan fingerprint density at radius 1 is 1.44 bits per heavy atom. The number of rotatable bonds is 6. The Hall–Kier alpha value is -2.10. The summed E-state index contributed by atoms with van der Waals surface area (Å²) in [5, 5.41) is 8.75. The summed E-state index contributed by atoms with van der Waals surface area (Å²) in [6.07, 6.45) is 2.16. The zero-order valence-corrected chi connectivity index (χ0v) is 8.80. The maximum absolute atomic E-state index is 10.9. The predicted molar refractivity (Wildman–Crippen MR) is 61.4 cm³/mol. The third kappa shape index (κ3) is 2.95. The quantitative estimate of drug-likeness (QED) is 0.582. The first-order chi connectivity index (χ1) is 7.69. The van der Waals surface area contributed by atoms with Crippen molar-refractivity contribution in [1.29, 1.82) is 0 Å². The Kier molecular flexibility index (Phi) is 4.27. The molecule has 0 saturated carbocycles. The molecule has 16 heavy (non-hydrogen) atoms. The molecular weight excluding hydrogens is 206 g/mol. The number of carbonyl (C=O) groups is 2. The second kappa shape index (κ2) is 5.70. The Balaban J connectivity index is 3.04. The van der Waals surface area contributed by atoms with Crippen molar-refractivity contribution in [3.8, 4) is 0 Å². The maximum atomic E-state index is 10.9. The first-order valence-electron chi connectivity index (χ1n) is 4.81. The van der Waals surface area contributed by atoms with Gasteiger partial charge in [0.2, 0.25) is 6.41 Å². The van der Waals surface area contributed by atoms with Crippen molar-refractivity contribution in [2.75, 3.05) is 11.4 Å². The summed E-state index contributed by atoms with van der Waals surface area (Å²) >= 11 is 0. The number of nitrogens with zero attached hydrogens (tertiary/aromatic N) is 1. The van der Waals surface area contributed by atoms with E-state index in [9.17, 15) is 9.59 Å². The number of hydrogen-bond acceptors (Lipinski definition) is 2. The van der Waals surface area contributed by atoms with Crippen molar-refractivity contribution in [3.63, 3.8) is 0 Å². The molecule has 0 fully saturated rings. The molecule has 4 nitrogen and oxygen atoms in total. The van der Waals surface area contributed by atoms with Crippen LogP contribution in [-0.2, 0) is 16.0 Å². The number of carbonyl (C=O) groups excluding carboxylic acids is 1. The minimum Gasteiger partial charge on any atom is -0.481 e. The Morgan fingerprint density at radius 2 is 2.12 bits per heavy atom. The van der Waals surface area contributed by atoms with Gasteiger partial charge in [-0.15, -0.1) is 6.58 Å². The van der Waals surface area contributed by atoms with E-state index >= 15 is 0 Å². The zero-order chi connectivity index (χ0) is 12.0. The van der Waals surface area contributed by atoms with Crippen LogP contribution >= 0.6 is 0 Å². The monoisotopic (exact) mass is 219 g/mol. The molecule has 1 rings (SSSR count).